The molecular weight excluding hydrogens is 433 g/mol. The number of imidazole rings is 1. The van der Waals surface area contributed by atoms with E-state index in [9.17, 15) is 12.8 Å². The summed E-state index contributed by atoms with van der Waals surface area (Å²) < 4.78 is 42.0. The van der Waals surface area contributed by atoms with Crippen molar-refractivity contribution < 1.29 is 12.8 Å². The Labute approximate surface area is 163 Å². The van der Waals surface area contributed by atoms with Crippen LogP contribution in [0.4, 0.5) is 10.1 Å². The van der Waals surface area contributed by atoms with E-state index >= 15 is 0 Å². The number of hydrogen-bond acceptors (Lipinski definition) is 4. The molecule has 0 atom stereocenters. The summed E-state index contributed by atoms with van der Waals surface area (Å²) in [7, 11) is -3.91. The molecule has 27 heavy (non-hydrogen) atoms. The first-order valence-electron chi connectivity index (χ1n) is 7.91. The maximum atomic E-state index is 13.4. The van der Waals surface area contributed by atoms with Gasteiger partial charge < -0.3 is 5.73 Å². The van der Waals surface area contributed by atoms with Gasteiger partial charge in [0, 0.05) is 15.8 Å². The maximum Gasteiger partial charge on any atom is 0.240 e. The molecule has 0 unspecified atom stereocenters. The van der Waals surface area contributed by atoms with E-state index in [1.807, 2.05) is 0 Å². The highest BCUT2D eigenvalue weighted by atomic mass is 79.9. The quantitative estimate of drug-likeness (QED) is 0.475. The van der Waals surface area contributed by atoms with Gasteiger partial charge in [0.1, 0.15) is 5.82 Å². The average molecular weight is 446 g/mol. The summed E-state index contributed by atoms with van der Waals surface area (Å²) in [6, 6.07) is 16.9. The fourth-order valence-corrected chi connectivity index (χ4v) is 4.54. The molecule has 0 bridgehead atoms. The first-order chi connectivity index (χ1) is 12.9. The minimum Gasteiger partial charge on any atom is -0.398 e. The summed E-state index contributed by atoms with van der Waals surface area (Å²) in [6.07, 6.45) is 0. The molecule has 0 radical (unpaired) electrons. The second kappa shape index (κ2) is 6.47. The van der Waals surface area contributed by atoms with Gasteiger partial charge in [-0.2, -0.15) is 0 Å². The third-order valence-electron chi connectivity index (χ3n) is 4.12. The van der Waals surface area contributed by atoms with E-state index in [0.717, 1.165) is 0 Å². The number of fused-ring (bicyclic) bond motifs is 1. The molecule has 0 saturated heterocycles. The zero-order valence-corrected chi connectivity index (χ0v) is 16.2. The Balaban J connectivity index is 2.08. The second-order valence-corrected chi connectivity index (χ2v) is 8.58. The molecule has 0 aliphatic carbocycles. The van der Waals surface area contributed by atoms with Crippen LogP contribution in [0.2, 0.25) is 0 Å². The molecule has 0 aliphatic rings. The summed E-state index contributed by atoms with van der Waals surface area (Å²) in [5.41, 5.74) is 7.81. The van der Waals surface area contributed by atoms with Crippen molar-refractivity contribution in [1.29, 1.82) is 0 Å². The van der Waals surface area contributed by atoms with Crippen molar-refractivity contribution in [3.05, 3.63) is 77.0 Å². The fraction of sp³-hybridized carbons (Fsp3) is 0. The van der Waals surface area contributed by atoms with Crippen molar-refractivity contribution >= 4 is 42.5 Å². The zero-order chi connectivity index (χ0) is 19.2. The van der Waals surface area contributed by atoms with Crippen molar-refractivity contribution in [3.8, 4) is 5.69 Å². The summed E-state index contributed by atoms with van der Waals surface area (Å²) in [4.78, 5) is 4.46. The lowest BCUT2D eigenvalue weighted by Gasteiger charge is -2.10. The molecule has 4 aromatic rings. The zero-order valence-electron chi connectivity index (χ0n) is 13.8. The largest absolute Gasteiger partial charge is 0.398 e. The summed E-state index contributed by atoms with van der Waals surface area (Å²) >= 11 is 3.36. The van der Waals surface area contributed by atoms with Crippen LogP contribution in [-0.4, -0.2) is 18.0 Å². The Morgan fingerprint density at radius 3 is 2.33 bits per heavy atom. The van der Waals surface area contributed by atoms with Crippen LogP contribution in [0, 0.1) is 5.82 Å². The number of anilines is 1. The standard InChI is InChI=1S/C19H13BrFN3O2S/c20-15-10-18-17(11-16(15)22)23-19(24(18)13-8-6-12(21)7-9-13)27(25,26)14-4-2-1-3-5-14/h1-11H,22H2. The Bertz CT molecular complexity index is 1250. The molecule has 2 N–H and O–H groups in total. The molecule has 1 aromatic heterocycles. The van der Waals surface area contributed by atoms with E-state index in [1.54, 1.807) is 30.3 Å². The predicted molar refractivity (Wildman–Crippen MR) is 105 cm³/mol. The van der Waals surface area contributed by atoms with Crippen molar-refractivity contribution in [2.75, 3.05) is 5.73 Å². The monoisotopic (exact) mass is 445 g/mol. The fourth-order valence-electron chi connectivity index (χ4n) is 2.82. The van der Waals surface area contributed by atoms with Crippen LogP contribution in [0.25, 0.3) is 16.7 Å². The van der Waals surface area contributed by atoms with Crippen molar-refractivity contribution in [3.63, 3.8) is 0 Å². The molecule has 0 saturated carbocycles. The highest BCUT2D eigenvalue weighted by molar-refractivity contribution is 9.10. The number of sulfone groups is 1. The van der Waals surface area contributed by atoms with E-state index < -0.39 is 15.7 Å². The van der Waals surface area contributed by atoms with Crippen LogP contribution in [0.15, 0.2) is 81.3 Å². The number of nitrogen functional groups attached to an aromatic ring is 1. The molecular formula is C19H13BrFN3O2S. The molecule has 5 nitrogen and oxygen atoms in total. The smallest absolute Gasteiger partial charge is 0.240 e. The molecule has 0 aliphatic heterocycles. The normalized spacial score (nSPS) is 11.8. The maximum absolute atomic E-state index is 13.4. The first kappa shape index (κ1) is 17.7. The number of halogens is 2. The molecule has 0 fully saturated rings. The van der Waals surface area contributed by atoms with Gasteiger partial charge in [-0.05, 0) is 64.5 Å². The summed E-state index contributed by atoms with van der Waals surface area (Å²) in [6.45, 7) is 0. The van der Waals surface area contributed by atoms with Crippen molar-refractivity contribution in [2.45, 2.75) is 10.1 Å². The van der Waals surface area contributed by atoms with Gasteiger partial charge in [-0.25, -0.2) is 17.8 Å². The van der Waals surface area contributed by atoms with Crippen LogP contribution in [0.5, 0.6) is 0 Å². The molecule has 8 heteroatoms. The first-order valence-corrected chi connectivity index (χ1v) is 10.2. The minimum absolute atomic E-state index is 0.121. The number of rotatable bonds is 3. The van der Waals surface area contributed by atoms with Crippen LogP contribution < -0.4 is 5.73 Å². The van der Waals surface area contributed by atoms with Gasteiger partial charge in [-0.3, -0.25) is 4.57 Å². The van der Waals surface area contributed by atoms with E-state index in [-0.39, 0.29) is 10.1 Å². The van der Waals surface area contributed by atoms with Gasteiger partial charge in [0.15, 0.2) is 0 Å². The molecule has 136 valence electrons. The van der Waals surface area contributed by atoms with Gasteiger partial charge in [0.25, 0.3) is 0 Å². The predicted octanol–water partition coefficient (Wildman–Crippen LogP) is 4.34. The van der Waals surface area contributed by atoms with E-state index in [1.165, 1.54) is 41.0 Å². The van der Waals surface area contributed by atoms with Gasteiger partial charge in [0.05, 0.1) is 15.9 Å². The van der Waals surface area contributed by atoms with Crippen LogP contribution in [-0.2, 0) is 9.84 Å². The molecule has 1 heterocycles. The number of hydrogen-bond donors (Lipinski definition) is 1. The van der Waals surface area contributed by atoms with E-state index in [4.69, 9.17) is 5.73 Å². The van der Waals surface area contributed by atoms with Crippen molar-refractivity contribution in [2.24, 2.45) is 0 Å². The lowest BCUT2D eigenvalue weighted by atomic mass is 10.2. The Morgan fingerprint density at radius 2 is 1.67 bits per heavy atom. The van der Waals surface area contributed by atoms with E-state index in [0.29, 0.717) is 26.9 Å². The highest BCUT2D eigenvalue weighted by Gasteiger charge is 2.27. The highest BCUT2D eigenvalue weighted by Crippen LogP contribution is 2.32. The van der Waals surface area contributed by atoms with Crippen LogP contribution in [0.1, 0.15) is 0 Å². The minimum atomic E-state index is -3.91. The van der Waals surface area contributed by atoms with E-state index in [2.05, 4.69) is 20.9 Å². The summed E-state index contributed by atoms with van der Waals surface area (Å²) in [5.74, 6) is -0.416. The van der Waals surface area contributed by atoms with Gasteiger partial charge >= 0.3 is 0 Å². The molecule has 3 aromatic carbocycles. The lowest BCUT2D eigenvalue weighted by molar-refractivity contribution is 0.585. The Kier molecular flexibility index (Phi) is 4.24. The molecule has 4 rings (SSSR count). The molecule has 0 spiro atoms. The van der Waals surface area contributed by atoms with Gasteiger partial charge in [0.2, 0.25) is 15.0 Å². The SMILES string of the molecule is Nc1cc2nc(S(=O)(=O)c3ccccc3)n(-c3ccc(F)cc3)c2cc1Br. The number of benzene rings is 3. The summed E-state index contributed by atoms with van der Waals surface area (Å²) in [5, 5.41) is -0.159. The van der Waals surface area contributed by atoms with Gasteiger partial charge in [-0.1, -0.05) is 18.2 Å². The Hall–Kier alpha value is -2.71. The topological polar surface area (TPSA) is 78.0 Å². The van der Waals surface area contributed by atoms with Gasteiger partial charge in [-0.15, -0.1) is 0 Å². The second-order valence-electron chi connectivity index (χ2n) is 5.89. The van der Waals surface area contributed by atoms with Crippen molar-refractivity contribution in [1.82, 2.24) is 9.55 Å². The van der Waals surface area contributed by atoms with Crippen LogP contribution >= 0.6 is 15.9 Å². The number of nitrogens with zero attached hydrogens (tertiary/aromatic N) is 2. The average Bonchev–Trinajstić information content (AvgIpc) is 3.02. The number of aromatic nitrogens is 2. The van der Waals surface area contributed by atoms with Crippen LogP contribution in [0.3, 0.4) is 0 Å². The Morgan fingerprint density at radius 1 is 1.00 bits per heavy atom. The molecule has 0 amide bonds. The lowest BCUT2D eigenvalue weighted by Crippen LogP contribution is -2.10. The third-order valence-corrected chi connectivity index (χ3v) is 6.45. The number of nitrogens with two attached hydrogens (primary N) is 1. The third kappa shape index (κ3) is 3.00.